The molecule has 0 aromatic rings. The average molecular weight is 531 g/mol. The highest BCUT2D eigenvalue weighted by Gasteiger charge is 2.72. The predicted octanol–water partition coefficient (Wildman–Crippen LogP) is 5.75. The van der Waals surface area contributed by atoms with Crippen molar-refractivity contribution < 1.29 is 29.6 Å². The minimum Gasteiger partial charge on any atom is -0.481 e. The number of ether oxygens (including phenoxy) is 1. The molecule has 38 heavy (non-hydrogen) atoms. The summed E-state index contributed by atoms with van der Waals surface area (Å²) in [7, 11) is 0. The van der Waals surface area contributed by atoms with Gasteiger partial charge in [0.25, 0.3) is 0 Å². The number of allylic oxidation sites excluding steroid dienone is 1. The van der Waals surface area contributed by atoms with Crippen LogP contribution in [-0.2, 0) is 14.3 Å². The zero-order chi connectivity index (χ0) is 28.3. The Morgan fingerprint density at radius 1 is 0.974 bits per heavy atom. The van der Waals surface area contributed by atoms with Gasteiger partial charge in [0.05, 0.1) is 17.1 Å². The number of carboxylic acid groups (broad SMARTS) is 1. The number of fused-ring (bicyclic) bond motifs is 7. The van der Waals surface area contributed by atoms with Crippen molar-refractivity contribution in [1.82, 2.24) is 0 Å². The molecule has 0 spiro atoms. The van der Waals surface area contributed by atoms with Gasteiger partial charge in [0.2, 0.25) is 0 Å². The largest absolute Gasteiger partial charge is 0.481 e. The van der Waals surface area contributed by atoms with Gasteiger partial charge in [-0.25, -0.2) is 0 Å². The van der Waals surface area contributed by atoms with Gasteiger partial charge < -0.3 is 20.1 Å². The van der Waals surface area contributed by atoms with Crippen molar-refractivity contribution in [2.24, 2.45) is 50.7 Å². The molecule has 0 heterocycles. The van der Waals surface area contributed by atoms with Crippen molar-refractivity contribution in [2.75, 3.05) is 0 Å². The molecule has 0 bridgehead atoms. The SMILES string of the molecule is CC(=O)O[C@@H]1C[C@]2(C)[C@H]3CC=C4[C@H]5[C@](C(=O)O)(CC[C@@H](C)[C@]5(C)O)CC[C@@]4(C)[C@]3(C)CC[C@H]2C(C)(C)[C@H]1O. The average Bonchev–Trinajstić information content (AvgIpc) is 2.79. The van der Waals surface area contributed by atoms with Crippen molar-refractivity contribution in [3.8, 4) is 0 Å². The Kier molecular flexibility index (Phi) is 6.16. The van der Waals surface area contributed by atoms with Crippen LogP contribution in [0.15, 0.2) is 11.6 Å². The van der Waals surface area contributed by atoms with Crippen LogP contribution in [0.1, 0.15) is 107 Å². The molecule has 214 valence electrons. The molecule has 0 aromatic heterocycles. The molecule has 3 N–H and O–H groups in total. The maximum Gasteiger partial charge on any atom is 0.310 e. The molecule has 4 fully saturated rings. The first-order valence-electron chi connectivity index (χ1n) is 14.9. The second-order valence-corrected chi connectivity index (χ2v) is 15.5. The van der Waals surface area contributed by atoms with Crippen LogP contribution in [-0.4, -0.2) is 45.1 Å². The summed E-state index contributed by atoms with van der Waals surface area (Å²) < 4.78 is 5.74. The predicted molar refractivity (Wildman–Crippen MR) is 145 cm³/mol. The number of aliphatic carboxylic acids is 1. The van der Waals surface area contributed by atoms with Gasteiger partial charge >= 0.3 is 11.9 Å². The topological polar surface area (TPSA) is 104 Å². The molecule has 6 heteroatoms. The van der Waals surface area contributed by atoms with Gasteiger partial charge in [0, 0.05) is 12.8 Å². The van der Waals surface area contributed by atoms with Crippen molar-refractivity contribution in [2.45, 2.75) is 125 Å². The minimum absolute atomic E-state index is 0.0344. The molecule has 5 aliphatic carbocycles. The van der Waals surface area contributed by atoms with E-state index in [-0.39, 0.29) is 34.1 Å². The highest BCUT2D eigenvalue weighted by molar-refractivity contribution is 5.77. The zero-order valence-electron chi connectivity index (χ0n) is 24.8. The molecule has 0 amide bonds. The van der Waals surface area contributed by atoms with E-state index in [4.69, 9.17) is 4.74 Å². The maximum absolute atomic E-state index is 12.9. The van der Waals surface area contributed by atoms with Gasteiger partial charge in [0.1, 0.15) is 6.10 Å². The Bertz CT molecular complexity index is 1060. The number of rotatable bonds is 2. The third kappa shape index (κ3) is 3.31. The Morgan fingerprint density at radius 3 is 2.24 bits per heavy atom. The lowest BCUT2D eigenvalue weighted by atomic mass is 9.33. The molecular weight excluding hydrogens is 480 g/mol. The summed E-state index contributed by atoms with van der Waals surface area (Å²) in [6, 6.07) is 0. The van der Waals surface area contributed by atoms with Crippen molar-refractivity contribution in [3.05, 3.63) is 11.6 Å². The van der Waals surface area contributed by atoms with Crippen LogP contribution >= 0.6 is 0 Å². The number of esters is 1. The Morgan fingerprint density at radius 2 is 1.63 bits per heavy atom. The molecular formula is C32H50O6. The molecule has 6 nitrogen and oxygen atoms in total. The lowest BCUT2D eigenvalue weighted by molar-refractivity contribution is -0.241. The first kappa shape index (κ1) is 28.1. The van der Waals surface area contributed by atoms with Crippen LogP contribution in [0.2, 0.25) is 0 Å². The van der Waals surface area contributed by atoms with Gasteiger partial charge in [-0.15, -0.1) is 0 Å². The fraction of sp³-hybridized carbons (Fsp3) is 0.875. The van der Waals surface area contributed by atoms with E-state index in [1.54, 1.807) is 0 Å². The third-order valence-electron chi connectivity index (χ3n) is 13.7. The van der Waals surface area contributed by atoms with E-state index in [0.717, 1.165) is 32.1 Å². The number of carbonyl (C=O) groups excluding carboxylic acids is 1. The summed E-state index contributed by atoms with van der Waals surface area (Å²) in [4.78, 5) is 24.9. The van der Waals surface area contributed by atoms with E-state index in [1.807, 2.05) is 6.92 Å². The Labute approximate surface area is 228 Å². The van der Waals surface area contributed by atoms with Gasteiger partial charge in [0.15, 0.2) is 0 Å². The summed E-state index contributed by atoms with van der Waals surface area (Å²) in [5, 5.41) is 33.9. The molecule has 4 saturated carbocycles. The van der Waals surface area contributed by atoms with Crippen LogP contribution in [0.25, 0.3) is 0 Å². The smallest absolute Gasteiger partial charge is 0.310 e. The maximum atomic E-state index is 12.9. The fourth-order valence-corrected chi connectivity index (χ4v) is 11.3. The summed E-state index contributed by atoms with van der Waals surface area (Å²) >= 11 is 0. The van der Waals surface area contributed by atoms with Crippen molar-refractivity contribution in [3.63, 3.8) is 0 Å². The molecule has 0 saturated heterocycles. The molecule has 5 rings (SSSR count). The third-order valence-corrected chi connectivity index (χ3v) is 13.7. The Hall–Kier alpha value is -1.40. The molecule has 0 aromatic carbocycles. The van der Waals surface area contributed by atoms with Crippen LogP contribution in [0, 0.1) is 50.7 Å². The molecule has 0 aliphatic heterocycles. The molecule has 11 atom stereocenters. The number of hydrogen-bond acceptors (Lipinski definition) is 5. The standard InChI is InChI=1S/C32H50O6/c1-18-11-14-32(26(35)36)16-15-29(6)20(24(32)31(18,8)37)9-10-23-28(5)17-21(38-19(2)33)25(34)27(3,4)22(28)12-13-30(23,29)7/h9,18,21-25,34,37H,10-17H2,1-8H3,(H,35,36)/t18-,21-,22+,23-,24-,25+,28+,29-,30-,31+,32+/m1/s1. The van der Waals surface area contributed by atoms with Crippen molar-refractivity contribution >= 4 is 11.9 Å². The first-order valence-corrected chi connectivity index (χ1v) is 14.9. The van der Waals surface area contributed by atoms with Crippen LogP contribution in [0.4, 0.5) is 0 Å². The Balaban J connectivity index is 1.63. The summed E-state index contributed by atoms with van der Waals surface area (Å²) in [6.07, 6.45) is 7.28. The van der Waals surface area contributed by atoms with Crippen molar-refractivity contribution in [1.29, 1.82) is 0 Å². The quantitative estimate of drug-likeness (QED) is 0.310. The van der Waals surface area contributed by atoms with E-state index < -0.39 is 40.5 Å². The van der Waals surface area contributed by atoms with E-state index in [0.29, 0.717) is 25.2 Å². The fourth-order valence-electron chi connectivity index (χ4n) is 11.3. The monoisotopic (exact) mass is 530 g/mol. The lowest BCUT2D eigenvalue weighted by Crippen LogP contribution is -2.69. The van der Waals surface area contributed by atoms with Gasteiger partial charge in [-0.3, -0.25) is 9.59 Å². The number of carbonyl (C=O) groups is 2. The van der Waals surface area contributed by atoms with E-state index in [2.05, 4.69) is 47.6 Å². The van der Waals surface area contributed by atoms with Gasteiger partial charge in [-0.1, -0.05) is 53.2 Å². The molecule has 5 aliphatic rings. The number of aliphatic hydroxyl groups excluding tert-OH is 1. The summed E-state index contributed by atoms with van der Waals surface area (Å²) in [6.45, 7) is 16.8. The second-order valence-electron chi connectivity index (χ2n) is 15.5. The van der Waals surface area contributed by atoms with E-state index in [9.17, 15) is 24.9 Å². The van der Waals surface area contributed by atoms with Gasteiger partial charge in [-0.2, -0.15) is 0 Å². The lowest BCUT2D eigenvalue weighted by Gasteiger charge is -2.72. The second kappa shape index (κ2) is 8.31. The van der Waals surface area contributed by atoms with E-state index >= 15 is 0 Å². The van der Waals surface area contributed by atoms with Crippen LogP contribution < -0.4 is 0 Å². The summed E-state index contributed by atoms with van der Waals surface area (Å²) in [5.41, 5.74) is -1.68. The van der Waals surface area contributed by atoms with Crippen LogP contribution in [0.3, 0.4) is 0 Å². The van der Waals surface area contributed by atoms with Gasteiger partial charge in [-0.05, 0) is 97.7 Å². The number of carboxylic acids is 1. The molecule has 0 radical (unpaired) electrons. The summed E-state index contributed by atoms with van der Waals surface area (Å²) in [5.74, 6) is -0.880. The first-order chi connectivity index (χ1) is 17.4. The zero-order valence-corrected chi connectivity index (χ0v) is 24.8. The van der Waals surface area contributed by atoms with E-state index in [1.165, 1.54) is 12.5 Å². The highest BCUT2D eigenvalue weighted by Crippen LogP contribution is 2.76. The normalized spacial score (nSPS) is 53.4. The number of hydrogen-bond donors (Lipinski definition) is 3. The van der Waals surface area contributed by atoms with Crippen LogP contribution in [0.5, 0.6) is 0 Å². The highest BCUT2D eigenvalue weighted by atomic mass is 16.6. The molecule has 0 unspecified atom stereocenters. The minimum atomic E-state index is -1.08. The number of aliphatic hydroxyl groups is 2.